The molecular formula is C37H57F3N2O3. The molecule has 0 heterocycles. The number of hydrogen-bond acceptors (Lipinski definition) is 5. The summed E-state index contributed by atoms with van der Waals surface area (Å²) >= 11 is 0. The van der Waals surface area contributed by atoms with E-state index in [1.807, 2.05) is 6.07 Å². The number of hydrogen-bond donors (Lipinski definition) is 1. The number of benzene rings is 2. The largest absolute Gasteiger partial charge is 0.416 e. The van der Waals surface area contributed by atoms with Gasteiger partial charge in [0, 0.05) is 18.2 Å². The molecule has 0 spiro atoms. The first-order valence-electron chi connectivity index (χ1n) is 16.2. The van der Waals surface area contributed by atoms with E-state index in [2.05, 4.69) is 58.6 Å². The number of anilines is 1. The van der Waals surface area contributed by atoms with E-state index in [1.165, 1.54) is 65.2 Å². The summed E-state index contributed by atoms with van der Waals surface area (Å²) < 4.78 is 36.6. The molecule has 0 bridgehead atoms. The van der Waals surface area contributed by atoms with E-state index in [1.54, 1.807) is 19.2 Å². The van der Waals surface area contributed by atoms with Crippen LogP contribution in [0.1, 0.15) is 139 Å². The Labute approximate surface area is 270 Å². The highest BCUT2D eigenvalue weighted by Gasteiger charge is 2.30. The lowest BCUT2D eigenvalue weighted by Crippen LogP contribution is -2.11. The number of unbranched alkanes of at least 4 members (excludes halogenated alkanes) is 1. The topological polar surface area (TPSA) is 75.6 Å². The SMILES string of the molecule is C=Nc1cc(C(C)=O)ccc1NC.CC(=O)CC(=O)c1ccc(C(F)(F)F)cc1.CCCC.CCCC(C)C(CCC)CCC. The minimum Gasteiger partial charge on any atom is -0.386 e. The summed E-state index contributed by atoms with van der Waals surface area (Å²) in [6, 6.07) is 9.12. The predicted molar refractivity (Wildman–Crippen MR) is 184 cm³/mol. The molecule has 45 heavy (non-hydrogen) atoms. The molecule has 0 saturated carbocycles. The van der Waals surface area contributed by atoms with Gasteiger partial charge in [0.1, 0.15) is 5.78 Å². The number of Topliss-reactive ketones (excluding diaryl/α,β-unsaturated/α-hetero) is 3. The van der Waals surface area contributed by atoms with Crippen molar-refractivity contribution in [3.05, 3.63) is 59.2 Å². The van der Waals surface area contributed by atoms with Crippen LogP contribution in [0.3, 0.4) is 0 Å². The Morgan fingerprint density at radius 1 is 0.800 bits per heavy atom. The zero-order chi connectivity index (χ0) is 35.0. The van der Waals surface area contributed by atoms with Gasteiger partial charge in [-0.25, -0.2) is 0 Å². The van der Waals surface area contributed by atoms with Crippen molar-refractivity contribution in [2.45, 2.75) is 119 Å². The minimum atomic E-state index is -4.41. The molecule has 1 N–H and O–H groups in total. The number of nitrogens with one attached hydrogen (secondary N) is 1. The first-order valence-corrected chi connectivity index (χ1v) is 16.2. The van der Waals surface area contributed by atoms with Crippen LogP contribution in [0.2, 0.25) is 0 Å². The summed E-state index contributed by atoms with van der Waals surface area (Å²) in [4.78, 5) is 36.8. The average molecular weight is 635 g/mol. The van der Waals surface area contributed by atoms with Crippen LogP contribution in [0.15, 0.2) is 47.5 Å². The second-order valence-electron chi connectivity index (χ2n) is 11.2. The van der Waals surface area contributed by atoms with Crippen molar-refractivity contribution < 1.29 is 27.6 Å². The quantitative estimate of drug-likeness (QED) is 0.127. The second-order valence-corrected chi connectivity index (χ2v) is 11.2. The summed E-state index contributed by atoms with van der Waals surface area (Å²) in [6.45, 7) is 19.9. The molecule has 0 aliphatic carbocycles. The zero-order valence-corrected chi connectivity index (χ0v) is 29.1. The van der Waals surface area contributed by atoms with Crippen molar-refractivity contribution >= 4 is 35.4 Å². The molecule has 2 aromatic carbocycles. The van der Waals surface area contributed by atoms with Crippen molar-refractivity contribution in [3.63, 3.8) is 0 Å². The first-order chi connectivity index (χ1) is 21.2. The molecule has 0 aliphatic heterocycles. The Morgan fingerprint density at radius 3 is 1.64 bits per heavy atom. The molecule has 5 nitrogen and oxygen atoms in total. The summed E-state index contributed by atoms with van der Waals surface area (Å²) in [5.74, 6) is 1.20. The number of alkyl halides is 3. The van der Waals surface area contributed by atoms with Crippen LogP contribution in [-0.4, -0.2) is 31.1 Å². The van der Waals surface area contributed by atoms with Crippen molar-refractivity contribution in [2.24, 2.45) is 16.8 Å². The van der Waals surface area contributed by atoms with Crippen LogP contribution in [0.5, 0.6) is 0 Å². The molecular weight excluding hydrogens is 577 g/mol. The lowest BCUT2D eigenvalue weighted by molar-refractivity contribution is -0.137. The Balaban J connectivity index is 0. The number of rotatable bonds is 14. The van der Waals surface area contributed by atoms with Gasteiger partial charge in [0.25, 0.3) is 0 Å². The highest BCUT2D eigenvalue weighted by Crippen LogP contribution is 2.29. The fourth-order valence-corrected chi connectivity index (χ4v) is 4.41. The molecule has 0 fully saturated rings. The number of aliphatic imine (C=N–C) groups is 1. The molecule has 1 atom stereocenters. The van der Waals surface area contributed by atoms with E-state index in [0.29, 0.717) is 11.3 Å². The smallest absolute Gasteiger partial charge is 0.386 e. The molecule has 2 aromatic rings. The molecule has 0 aromatic heterocycles. The van der Waals surface area contributed by atoms with Crippen LogP contribution in [-0.2, 0) is 11.0 Å². The molecule has 0 saturated heterocycles. The summed E-state index contributed by atoms with van der Waals surface area (Å²) in [7, 11) is 1.80. The zero-order valence-electron chi connectivity index (χ0n) is 29.1. The van der Waals surface area contributed by atoms with Gasteiger partial charge in [-0.1, -0.05) is 105 Å². The maximum Gasteiger partial charge on any atom is 0.416 e. The summed E-state index contributed by atoms with van der Waals surface area (Å²) in [5.41, 5.74) is 1.53. The number of nitrogens with zero attached hydrogens (tertiary/aromatic N) is 1. The van der Waals surface area contributed by atoms with Gasteiger partial charge in [-0.05, 0) is 62.7 Å². The van der Waals surface area contributed by atoms with Gasteiger partial charge in [0.05, 0.1) is 23.4 Å². The van der Waals surface area contributed by atoms with E-state index < -0.39 is 17.5 Å². The van der Waals surface area contributed by atoms with E-state index in [9.17, 15) is 27.6 Å². The monoisotopic (exact) mass is 634 g/mol. The van der Waals surface area contributed by atoms with Crippen LogP contribution >= 0.6 is 0 Å². The van der Waals surface area contributed by atoms with Crippen molar-refractivity contribution in [1.29, 1.82) is 0 Å². The Morgan fingerprint density at radius 2 is 1.29 bits per heavy atom. The van der Waals surface area contributed by atoms with Gasteiger partial charge in [-0.3, -0.25) is 19.4 Å². The molecule has 1 unspecified atom stereocenters. The van der Waals surface area contributed by atoms with Gasteiger partial charge in [0.15, 0.2) is 11.6 Å². The van der Waals surface area contributed by atoms with E-state index in [4.69, 9.17) is 0 Å². The number of carbonyl (C=O) groups is 3. The van der Waals surface area contributed by atoms with Crippen molar-refractivity contribution in [1.82, 2.24) is 0 Å². The lowest BCUT2D eigenvalue weighted by atomic mass is 9.84. The Kier molecular flexibility index (Phi) is 24.3. The number of carbonyl (C=O) groups excluding carboxylic acids is 3. The van der Waals surface area contributed by atoms with E-state index >= 15 is 0 Å². The standard InChI is InChI=1S/C12H26.C11H9F3O2.C10H12N2O.C4H10/c1-5-8-11(4)12(9-6-2)10-7-3;1-7(15)6-10(16)8-2-4-9(5-3-8)11(12,13)14;1-7(13)8-4-5-9(11-2)10(6-8)12-3;1-3-4-2/h11-12H,5-10H2,1-4H3;2-5H,6H2,1H3;4-6,11H,3H2,1-2H3;3-4H2,1-2H3. The van der Waals surface area contributed by atoms with Gasteiger partial charge in [0.2, 0.25) is 0 Å². The van der Waals surface area contributed by atoms with E-state index in [0.717, 1.165) is 41.8 Å². The third-order valence-electron chi connectivity index (χ3n) is 7.16. The third kappa shape index (κ3) is 19.7. The van der Waals surface area contributed by atoms with Crippen LogP contribution in [0.25, 0.3) is 0 Å². The van der Waals surface area contributed by atoms with Crippen LogP contribution in [0, 0.1) is 11.8 Å². The van der Waals surface area contributed by atoms with Crippen LogP contribution in [0.4, 0.5) is 24.5 Å². The van der Waals surface area contributed by atoms with Gasteiger partial charge >= 0.3 is 6.18 Å². The van der Waals surface area contributed by atoms with Crippen LogP contribution < -0.4 is 5.32 Å². The second kappa shape index (κ2) is 25.0. The van der Waals surface area contributed by atoms with Crippen molar-refractivity contribution in [2.75, 3.05) is 12.4 Å². The summed E-state index contributed by atoms with van der Waals surface area (Å²) in [6.07, 6.45) is 6.31. The Bertz CT molecular complexity index is 1120. The predicted octanol–water partition coefficient (Wildman–Crippen LogP) is 11.6. The maximum atomic E-state index is 12.2. The fraction of sp³-hybridized carbons (Fsp3) is 0.568. The van der Waals surface area contributed by atoms with Gasteiger partial charge in [-0.2, -0.15) is 13.2 Å². The number of halogens is 3. The maximum absolute atomic E-state index is 12.2. The van der Waals surface area contributed by atoms with Gasteiger partial charge in [-0.15, -0.1) is 0 Å². The third-order valence-corrected chi connectivity index (χ3v) is 7.16. The number of ketones is 3. The Hall–Kier alpha value is -3.29. The minimum absolute atomic E-state index is 0.0348. The normalized spacial score (nSPS) is 11.0. The highest BCUT2D eigenvalue weighted by atomic mass is 19.4. The molecule has 0 aliphatic rings. The van der Waals surface area contributed by atoms with E-state index in [-0.39, 0.29) is 23.6 Å². The molecule has 254 valence electrons. The first kappa shape index (κ1) is 43.8. The lowest BCUT2D eigenvalue weighted by Gasteiger charge is -2.22. The highest BCUT2D eigenvalue weighted by molar-refractivity contribution is 6.07. The molecule has 2 rings (SSSR count). The summed E-state index contributed by atoms with van der Waals surface area (Å²) in [5, 5.41) is 2.97. The fourth-order valence-electron chi connectivity index (χ4n) is 4.41. The van der Waals surface area contributed by atoms with Gasteiger partial charge < -0.3 is 5.32 Å². The molecule has 0 radical (unpaired) electrons. The molecule has 8 heteroatoms. The average Bonchev–Trinajstić information content (AvgIpc) is 3.00. The molecule has 0 amide bonds. The van der Waals surface area contributed by atoms with Crippen molar-refractivity contribution in [3.8, 4) is 0 Å².